The average Bonchev–Trinajstić information content (AvgIpc) is 2.29. The van der Waals surface area contributed by atoms with Crippen molar-refractivity contribution < 1.29 is 9.53 Å². The van der Waals surface area contributed by atoms with Crippen LogP contribution in [0.25, 0.3) is 0 Å². The Bertz CT molecular complexity index is 390. The lowest BCUT2D eigenvalue weighted by Crippen LogP contribution is -2.24. The van der Waals surface area contributed by atoms with Gasteiger partial charge < -0.3 is 10.1 Å². The monoisotopic (exact) mass is 211 g/mol. The van der Waals surface area contributed by atoms with E-state index in [4.69, 9.17) is 16.3 Å². The molecule has 3 nitrogen and oxygen atoms in total. The fraction of sp³-hybridized carbons (Fsp3) is 0.300. The van der Waals surface area contributed by atoms with Crippen molar-refractivity contribution in [3.8, 4) is 5.75 Å². The van der Waals surface area contributed by atoms with E-state index in [-0.39, 0.29) is 5.91 Å². The van der Waals surface area contributed by atoms with Crippen molar-refractivity contribution in [3.63, 3.8) is 0 Å². The minimum atomic E-state index is -0.122. The molecular weight excluding hydrogens is 202 g/mol. The molecule has 0 radical (unpaired) electrons. The first kappa shape index (κ1) is 9.34. The van der Waals surface area contributed by atoms with Gasteiger partial charge in [-0.2, -0.15) is 0 Å². The summed E-state index contributed by atoms with van der Waals surface area (Å²) in [4.78, 5) is 11.6. The van der Waals surface area contributed by atoms with Crippen molar-refractivity contribution in [2.24, 2.45) is 0 Å². The summed E-state index contributed by atoms with van der Waals surface area (Å²) in [5, 5.41) is 3.29. The van der Waals surface area contributed by atoms with E-state index in [9.17, 15) is 4.79 Å². The van der Waals surface area contributed by atoms with E-state index in [1.807, 2.05) is 6.92 Å². The highest BCUT2D eigenvalue weighted by Gasteiger charge is 2.18. The third-order valence-electron chi connectivity index (χ3n) is 2.12. The van der Waals surface area contributed by atoms with Gasteiger partial charge in [0.2, 0.25) is 0 Å². The van der Waals surface area contributed by atoms with Crippen molar-refractivity contribution >= 4 is 17.5 Å². The van der Waals surface area contributed by atoms with Gasteiger partial charge in [-0.05, 0) is 24.6 Å². The highest BCUT2D eigenvalue weighted by Crippen LogP contribution is 2.28. The molecule has 1 aromatic carbocycles. The van der Waals surface area contributed by atoms with Crippen LogP contribution in [0.4, 0.5) is 0 Å². The Morgan fingerprint density at radius 1 is 1.50 bits per heavy atom. The summed E-state index contributed by atoms with van der Waals surface area (Å²) in [7, 11) is 0. The normalized spacial score (nSPS) is 15.1. The van der Waals surface area contributed by atoms with Gasteiger partial charge in [0, 0.05) is 5.02 Å². The number of fused-ring (bicyclic) bond motifs is 1. The zero-order chi connectivity index (χ0) is 10.1. The van der Waals surface area contributed by atoms with E-state index in [2.05, 4.69) is 5.32 Å². The zero-order valence-corrected chi connectivity index (χ0v) is 8.52. The van der Waals surface area contributed by atoms with Crippen LogP contribution in [-0.4, -0.2) is 19.1 Å². The van der Waals surface area contributed by atoms with Crippen LogP contribution in [0, 0.1) is 6.92 Å². The van der Waals surface area contributed by atoms with Crippen molar-refractivity contribution in [1.82, 2.24) is 5.32 Å². The summed E-state index contributed by atoms with van der Waals surface area (Å²) in [5.41, 5.74) is 1.41. The average molecular weight is 212 g/mol. The van der Waals surface area contributed by atoms with Crippen LogP contribution in [0.2, 0.25) is 5.02 Å². The Kier molecular flexibility index (Phi) is 2.33. The van der Waals surface area contributed by atoms with Crippen LogP contribution < -0.4 is 10.1 Å². The van der Waals surface area contributed by atoms with Crippen LogP contribution in [0.3, 0.4) is 0 Å². The van der Waals surface area contributed by atoms with Gasteiger partial charge in [-0.15, -0.1) is 0 Å². The van der Waals surface area contributed by atoms with Crippen molar-refractivity contribution in [3.05, 3.63) is 28.3 Å². The first-order valence-corrected chi connectivity index (χ1v) is 4.77. The van der Waals surface area contributed by atoms with E-state index in [0.29, 0.717) is 29.5 Å². The summed E-state index contributed by atoms with van der Waals surface area (Å²) in [6.45, 7) is 2.91. The minimum Gasteiger partial charge on any atom is -0.491 e. The van der Waals surface area contributed by atoms with E-state index >= 15 is 0 Å². The molecule has 4 heteroatoms. The third kappa shape index (κ3) is 1.55. The number of rotatable bonds is 0. The fourth-order valence-electron chi connectivity index (χ4n) is 1.50. The van der Waals surface area contributed by atoms with Gasteiger partial charge >= 0.3 is 0 Å². The Hall–Kier alpha value is -1.22. The van der Waals surface area contributed by atoms with Gasteiger partial charge in [0.25, 0.3) is 5.91 Å². The van der Waals surface area contributed by atoms with Gasteiger partial charge in [-0.25, -0.2) is 0 Å². The number of halogens is 1. The Morgan fingerprint density at radius 3 is 3.07 bits per heavy atom. The van der Waals surface area contributed by atoms with Crippen LogP contribution in [0.1, 0.15) is 15.9 Å². The molecule has 0 atom stereocenters. The maximum absolute atomic E-state index is 11.6. The molecule has 0 bridgehead atoms. The van der Waals surface area contributed by atoms with Crippen LogP contribution in [0.5, 0.6) is 5.75 Å². The van der Waals surface area contributed by atoms with Crippen LogP contribution in [-0.2, 0) is 0 Å². The van der Waals surface area contributed by atoms with Crippen molar-refractivity contribution in [1.29, 1.82) is 0 Å². The Balaban J connectivity index is 2.58. The molecule has 2 rings (SSSR count). The molecule has 0 saturated heterocycles. The molecule has 0 unspecified atom stereocenters. The molecule has 1 N–H and O–H groups in total. The number of ether oxygens (including phenoxy) is 1. The second-order valence-corrected chi connectivity index (χ2v) is 3.64. The smallest absolute Gasteiger partial charge is 0.255 e. The second-order valence-electron chi connectivity index (χ2n) is 3.20. The molecule has 1 aliphatic heterocycles. The van der Waals surface area contributed by atoms with E-state index in [1.165, 1.54) is 0 Å². The maximum atomic E-state index is 11.6. The van der Waals surface area contributed by atoms with Gasteiger partial charge in [-0.1, -0.05) is 11.6 Å². The van der Waals surface area contributed by atoms with E-state index in [0.717, 1.165) is 5.56 Å². The molecule has 1 aliphatic rings. The standard InChI is InChI=1S/C10H10ClNO2/c1-6-4-7(11)5-8-9(6)14-3-2-12-10(8)13/h4-5H,2-3H2,1H3,(H,12,13). The minimum absolute atomic E-state index is 0.122. The van der Waals surface area contributed by atoms with E-state index in [1.54, 1.807) is 12.1 Å². The molecule has 0 aliphatic carbocycles. The van der Waals surface area contributed by atoms with Gasteiger partial charge in [0.1, 0.15) is 12.4 Å². The first-order valence-electron chi connectivity index (χ1n) is 4.39. The Labute approximate surface area is 87.0 Å². The summed E-state index contributed by atoms with van der Waals surface area (Å²) in [6, 6.07) is 3.42. The number of hydrogen-bond acceptors (Lipinski definition) is 2. The summed E-state index contributed by atoms with van der Waals surface area (Å²) >= 11 is 5.86. The molecule has 1 aromatic rings. The molecule has 74 valence electrons. The highest BCUT2D eigenvalue weighted by molar-refractivity contribution is 6.31. The number of aryl methyl sites for hydroxylation is 1. The number of hydrogen-bond donors (Lipinski definition) is 1. The molecule has 0 saturated carbocycles. The zero-order valence-electron chi connectivity index (χ0n) is 7.76. The number of amides is 1. The lowest BCUT2D eigenvalue weighted by molar-refractivity contribution is 0.0957. The Morgan fingerprint density at radius 2 is 2.29 bits per heavy atom. The molecule has 14 heavy (non-hydrogen) atoms. The molecule has 1 amide bonds. The largest absolute Gasteiger partial charge is 0.491 e. The predicted octanol–water partition coefficient (Wildman–Crippen LogP) is 1.77. The van der Waals surface area contributed by atoms with Gasteiger partial charge in [-0.3, -0.25) is 4.79 Å². The maximum Gasteiger partial charge on any atom is 0.255 e. The highest BCUT2D eigenvalue weighted by atomic mass is 35.5. The van der Waals surface area contributed by atoms with Crippen LogP contribution in [0.15, 0.2) is 12.1 Å². The topological polar surface area (TPSA) is 38.3 Å². The van der Waals surface area contributed by atoms with Crippen molar-refractivity contribution in [2.45, 2.75) is 6.92 Å². The van der Waals surface area contributed by atoms with Gasteiger partial charge in [0.05, 0.1) is 12.1 Å². The quantitative estimate of drug-likeness (QED) is 0.710. The number of carbonyl (C=O) groups excluding carboxylic acids is 1. The van der Waals surface area contributed by atoms with E-state index < -0.39 is 0 Å². The molecule has 0 spiro atoms. The molecule has 0 aromatic heterocycles. The van der Waals surface area contributed by atoms with Crippen LogP contribution >= 0.6 is 11.6 Å². The lowest BCUT2D eigenvalue weighted by Gasteiger charge is -2.08. The first-order chi connectivity index (χ1) is 6.68. The van der Waals surface area contributed by atoms with Gasteiger partial charge in [0.15, 0.2) is 0 Å². The number of nitrogens with one attached hydrogen (secondary N) is 1. The summed E-state index contributed by atoms with van der Waals surface area (Å²) in [6.07, 6.45) is 0. The molecule has 1 heterocycles. The SMILES string of the molecule is Cc1cc(Cl)cc2c1OCCNC2=O. The number of carbonyl (C=O) groups is 1. The third-order valence-corrected chi connectivity index (χ3v) is 2.34. The predicted molar refractivity (Wildman–Crippen MR) is 54.0 cm³/mol. The van der Waals surface area contributed by atoms with Crippen molar-refractivity contribution in [2.75, 3.05) is 13.2 Å². The summed E-state index contributed by atoms with van der Waals surface area (Å²) < 4.78 is 5.46. The number of benzene rings is 1. The fourth-order valence-corrected chi connectivity index (χ4v) is 1.78. The molecule has 0 fully saturated rings. The summed E-state index contributed by atoms with van der Waals surface area (Å²) in [5.74, 6) is 0.521. The lowest BCUT2D eigenvalue weighted by atomic mass is 10.1. The molecular formula is C10H10ClNO2. The second kappa shape index (κ2) is 3.50.